The molecular formula is C33H47FN6O5. The molecule has 4 rings (SSSR count). The van der Waals surface area contributed by atoms with E-state index in [9.17, 15) is 14.9 Å². The molecule has 2 fully saturated rings. The van der Waals surface area contributed by atoms with Crippen molar-refractivity contribution < 1.29 is 28.0 Å². The number of aromatic nitrogens is 2. The van der Waals surface area contributed by atoms with Gasteiger partial charge in [0.25, 0.3) is 0 Å². The summed E-state index contributed by atoms with van der Waals surface area (Å²) in [5.74, 6) is 1.37. The highest BCUT2D eigenvalue weighted by molar-refractivity contribution is 5.86. The molecule has 0 aliphatic carbocycles. The lowest BCUT2D eigenvalue weighted by molar-refractivity contribution is -0.133. The van der Waals surface area contributed by atoms with Gasteiger partial charge in [-0.05, 0) is 76.3 Å². The molecule has 3 atom stereocenters. The number of halogens is 1. The van der Waals surface area contributed by atoms with E-state index >= 15 is 4.39 Å². The van der Waals surface area contributed by atoms with Crippen LogP contribution in [0, 0.1) is 29.0 Å². The summed E-state index contributed by atoms with van der Waals surface area (Å²) in [6, 6.07) is 5.66. The van der Waals surface area contributed by atoms with E-state index in [0.717, 1.165) is 38.2 Å². The van der Waals surface area contributed by atoms with Crippen molar-refractivity contribution in [2.24, 2.45) is 11.8 Å². The molecule has 2 unspecified atom stereocenters. The van der Waals surface area contributed by atoms with E-state index < -0.39 is 35.5 Å². The standard InChI is InChI=1S/C33H47FN6O5/c1-21(2)29-37-31(45-38-29)39-15-11-23(12-16-39)22(3)13-17-43-26-10-9-24(27(34)19-26)18-28(36-32(42)44-33(4,5)6)30(41)40-14-7-8-25(40)20-35/h9-10,19,21-23,25,28H,7-8,11-18H2,1-6H3,(H,36,42)/t22?,25?,28-/m0/s1. The third-order valence-corrected chi connectivity index (χ3v) is 8.53. The first-order valence-corrected chi connectivity index (χ1v) is 16.0. The van der Waals surface area contributed by atoms with Crippen molar-refractivity contribution in [2.45, 2.75) is 104 Å². The van der Waals surface area contributed by atoms with E-state index in [2.05, 4.69) is 33.4 Å². The second kappa shape index (κ2) is 14.9. The van der Waals surface area contributed by atoms with Gasteiger partial charge in [0.1, 0.15) is 29.3 Å². The van der Waals surface area contributed by atoms with Gasteiger partial charge in [0.2, 0.25) is 5.91 Å². The Labute approximate surface area is 265 Å². The van der Waals surface area contributed by atoms with Crippen molar-refractivity contribution in [3.8, 4) is 11.8 Å². The van der Waals surface area contributed by atoms with Crippen LogP contribution in [0.4, 0.5) is 15.2 Å². The minimum atomic E-state index is -1.08. The molecule has 3 heterocycles. The lowest BCUT2D eigenvalue weighted by Crippen LogP contribution is -2.51. The van der Waals surface area contributed by atoms with Crippen LogP contribution in [0.3, 0.4) is 0 Å². The number of carbonyl (C=O) groups is 2. The minimum absolute atomic E-state index is 0.0864. The van der Waals surface area contributed by atoms with Crippen LogP contribution in [0.2, 0.25) is 0 Å². The molecule has 1 aromatic heterocycles. The molecule has 45 heavy (non-hydrogen) atoms. The first kappa shape index (κ1) is 34.0. The van der Waals surface area contributed by atoms with Crippen LogP contribution in [-0.2, 0) is 16.0 Å². The normalized spacial score (nSPS) is 18.9. The Morgan fingerprint density at radius 1 is 1.18 bits per heavy atom. The number of likely N-dealkylation sites (tertiary alicyclic amines) is 1. The van der Waals surface area contributed by atoms with Gasteiger partial charge in [0.15, 0.2) is 5.82 Å². The smallest absolute Gasteiger partial charge is 0.408 e. The number of alkyl carbamates (subject to hydrolysis) is 1. The number of hydrogen-bond donors (Lipinski definition) is 1. The van der Waals surface area contributed by atoms with Gasteiger partial charge in [-0.3, -0.25) is 4.79 Å². The van der Waals surface area contributed by atoms with Crippen LogP contribution in [0.15, 0.2) is 22.7 Å². The summed E-state index contributed by atoms with van der Waals surface area (Å²) >= 11 is 0. The fourth-order valence-corrected chi connectivity index (χ4v) is 5.87. The average Bonchev–Trinajstić information content (AvgIpc) is 3.67. The summed E-state index contributed by atoms with van der Waals surface area (Å²) < 4.78 is 32.0. The Hall–Kier alpha value is -3.88. The predicted molar refractivity (Wildman–Crippen MR) is 166 cm³/mol. The molecule has 2 saturated heterocycles. The van der Waals surface area contributed by atoms with Crippen molar-refractivity contribution in [1.82, 2.24) is 20.4 Å². The van der Waals surface area contributed by atoms with Crippen LogP contribution in [0.25, 0.3) is 0 Å². The fraction of sp³-hybridized carbons (Fsp3) is 0.667. The highest BCUT2D eigenvalue weighted by Gasteiger charge is 2.35. The van der Waals surface area contributed by atoms with E-state index in [1.165, 1.54) is 11.0 Å². The molecule has 12 heteroatoms. The zero-order valence-corrected chi connectivity index (χ0v) is 27.3. The van der Waals surface area contributed by atoms with Gasteiger partial charge < -0.3 is 29.1 Å². The molecule has 0 spiro atoms. The quantitative estimate of drug-likeness (QED) is 0.338. The number of benzene rings is 1. The van der Waals surface area contributed by atoms with Crippen molar-refractivity contribution in [1.29, 1.82) is 5.26 Å². The molecule has 246 valence electrons. The van der Waals surface area contributed by atoms with Crippen LogP contribution < -0.4 is 15.0 Å². The lowest BCUT2D eigenvalue weighted by atomic mass is 9.84. The molecule has 2 amide bonds. The molecule has 1 aromatic carbocycles. The molecule has 0 saturated carbocycles. The van der Waals surface area contributed by atoms with E-state index in [-0.39, 0.29) is 17.9 Å². The summed E-state index contributed by atoms with van der Waals surface area (Å²) in [5, 5.41) is 16.2. The number of rotatable bonds is 11. The molecule has 0 radical (unpaired) electrons. The number of nitriles is 1. The van der Waals surface area contributed by atoms with E-state index in [1.54, 1.807) is 32.9 Å². The summed E-state index contributed by atoms with van der Waals surface area (Å²) in [4.78, 5) is 34.1. The number of hydrogen-bond acceptors (Lipinski definition) is 9. The van der Waals surface area contributed by atoms with Gasteiger partial charge in [-0.1, -0.05) is 32.0 Å². The van der Waals surface area contributed by atoms with Gasteiger partial charge in [-0.15, -0.1) is 0 Å². The monoisotopic (exact) mass is 626 g/mol. The van der Waals surface area contributed by atoms with Crippen LogP contribution >= 0.6 is 0 Å². The maximum atomic E-state index is 15.3. The maximum Gasteiger partial charge on any atom is 0.408 e. The number of nitrogens with zero attached hydrogens (tertiary/aromatic N) is 5. The SMILES string of the molecule is CC(C)c1noc(N2CCC(C(C)CCOc3ccc(C[C@H](NC(=O)OC(C)(C)C)C(=O)N4CCCC4C#N)c(F)c3)CC2)n1. The second-order valence-electron chi connectivity index (χ2n) is 13.5. The van der Waals surface area contributed by atoms with Crippen LogP contribution in [0.5, 0.6) is 5.75 Å². The molecule has 0 bridgehead atoms. The van der Waals surface area contributed by atoms with Gasteiger partial charge >= 0.3 is 12.1 Å². The van der Waals surface area contributed by atoms with Crippen molar-refractivity contribution in [2.75, 3.05) is 31.1 Å². The topological polar surface area (TPSA) is 134 Å². The zero-order chi connectivity index (χ0) is 32.7. The second-order valence-corrected chi connectivity index (χ2v) is 13.5. The summed E-state index contributed by atoms with van der Waals surface area (Å²) in [6.07, 6.45) is 3.28. The highest BCUT2D eigenvalue weighted by Crippen LogP contribution is 2.30. The lowest BCUT2D eigenvalue weighted by Gasteiger charge is -2.33. The zero-order valence-electron chi connectivity index (χ0n) is 27.3. The Morgan fingerprint density at radius 3 is 2.53 bits per heavy atom. The molecule has 2 aliphatic heterocycles. The van der Waals surface area contributed by atoms with Gasteiger partial charge in [0, 0.05) is 38.0 Å². The van der Waals surface area contributed by atoms with Gasteiger partial charge in [-0.25, -0.2) is 9.18 Å². The van der Waals surface area contributed by atoms with Gasteiger partial charge in [0.05, 0.1) is 12.7 Å². The number of carbonyl (C=O) groups excluding carboxylic acids is 2. The number of nitrogens with one attached hydrogen (secondary N) is 1. The Morgan fingerprint density at radius 2 is 1.91 bits per heavy atom. The Bertz CT molecular complexity index is 1340. The third kappa shape index (κ3) is 9.31. The van der Waals surface area contributed by atoms with Crippen LogP contribution in [-0.4, -0.2) is 71.0 Å². The first-order valence-electron chi connectivity index (χ1n) is 16.0. The number of anilines is 1. The predicted octanol–water partition coefficient (Wildman–Crippen LogP) is 5.60. The van der Waals surface area contributed by atoms with Crippen molar-refractivity contribution in [3.05, 3.63) is 35.4 Å². The molecule has 2 aliphatic rings. The first-order chi connectivity index (χ1) is 21.3. The van der Waals surface area contributed by atoms with Crippen molar-refractivity contribution >= 4 is 18.0 Å². The molecular weight excluding hydrogens is 579 g/mol. The van der Waals surface area contributed by atoms with Gasteiger partial charge in [-0.2, -0.15) is 10.2 Å². The summed E-state index contributed by atoms with van der Waals surface area (Å²) in [7, 11) is 0. The minimum Gasteiger partial charge on any atom is -0.493 e. The number of amides is 2. The Kier molecular flexibility index (Phi) is 11.3. The third-order valence-electron chi connectivity index (χ3n) is 8.53. The molecule has 11 nitrogen and oxygen atoms in total. The fourth-order valence-electron chi connectivity index (χ4n) is 5.87. The number of piperidine rings is 1. The molecule has 1 N–H and O–H groups in total. The van der Waals surface area contributed by atoms with Crippen molar-refractivity contribution in [3.63, 3.8) is 0 Å². The van der Waals surface area contributed by atoms with Crippen LogP contribution in [0.1, 0.15) is 91.0 Å². The number of ether oxygens (including phenoxy) is 2. The van der Waals surface area contributed by atoms with E-state index in [1.807, 2.05) is 13.8 Å². The Balaban J connectivity index is 1.29. The summed E-state index contributed by atoms with van der Waals surface area (Å²) in [6.45, 7) is 14.1. The van der Waals surface area contributed by atoms with E-state index in [4.69, 9.17) is 14.0 Å². The highest BCUT2D eigenvalue weighted by atomic mass is 19.1. The largest absolute Gasteiger partial charge is 0.493 e. The average molecular weight is 627 g/mol. The summed E-state index contributed by atoms with van der Waals surface area (Å²) in [5.41, 5.74) is -0.515. The maximum absolute atomic E-state index is 15.3. The molecule has 2 aromatic rings. The van der Waals surface area contributed by atoms with E-state index in [0.29, 0.717) is 49.6 Å².